The largest absolute Gasteiger partial charge is 0.494 e. The highest BCUT2D eigenvalue weighted by Gasteiger charge is 2.15. The average molecular weight is 313 g/mol. The van der Waals surface area contributed by atoms with E-state index in [1.807, 2.05) is 55.5 Å². The van der Waals surface area contributed by atoms with Crippen LogP contribution < -0.4 is 14.8 Å². The van der Waals surface area contributed by atoms with Crippen LogP contribution in [0.5, 0.6) is 11.5 Å². The van der Waals surface area contributed by atoms with Gasteiger partial charge in [-0.1, -0.05) is 19.1 Å². The lowest BCUT2D eigenvalue weighted by molar-refractivity contribution is -0.122. The van der Waals surface area contributed by atoms with E-state index in [4.69, 9.17) is 9.47 Å². The topological polar surface area (TPSA) is 47.6 Å². The smallest absolute Gasteiger partial charge is 0.265 e. The number of aryl methyl sites for hydroxylation is 1. The standard InChI is InChI=1S/C19H23NO3/c1-4-15-7-6-8-18(13-15)23-14(3)19(21)20-16-9-11-17(12-10-16)22-5-2/h6-14H,4-5H2,1-3H3,(H,20,21). The number of hydrogen-bond donors (Lipinski definition) is 1. The second-order valence-corrected chi connectivity index (χ2v) is 5.21. The maximum Gasteiger partial charge on any atom is 0.265 e. The maximum atomic E-state index is 12.2. The Labute approximate surface area is 137 Å². The summed E-state index contributed by atoms with van der Waals surface area (Å²) in [6.07, 6.45) is 0.359. The molecule has 2 rings (SSSR count). The zero-order chi connectivity index (χ0) is 16.7. The molecular formula is C19H23NO3. The normalized spacial score (nSPS) is 11.6. The van der Waals surface area contributed by atoms with Crippen molar-refractivity contribution >= 4 is 11.6 Å². The van der Waals surface area contributed by atoms with E-state index in [9.17, 15) is 4.79 Å². The van der Waals surface area contributed by atoms with Crippen LogP contribution in [-0.4, -0.2) is 18.6 Å². The molecule has 0 aromatic heterocycles. The van der Waals surface area contributed by atoms with Crippen LogP contribution in [0.3, 0.4) is 0 Å². The van der Waals surface area contributed by atoms with E-state index in [1.165, 1.54) is 5.56 Å². The highest BCUT2D eigenvalue weighted by molar-refractivity contribution is 5.94. The van der Waals surface area contributed by atoms with Gasteiger partial charge in [0.1, 0.15) is 11.5 Å². The predicted octanol–water partition coefficient (Wildman–Crippen LogP) is 4.05. The minimum absolute atomic E-state index is 0.184. The summed E-state index contributed by atoms with van der Waals surface area (Å²) in [6.45, 7) is 6.37. The number of carbonyl (C=O) groups excluding carboxylic acids is 1. The van der Waals surface area contributed by atoms with Crippen LogP contribution in [-0.2, 0) is 11.2 Å². The van der Waals surface area contributed by atoms with E-state index in [1.54, 1.807) is 6.92 Å². The molecule has 2 aromatic rings. The summed E-state index contributed by atoms with van der Waals surface area (Å²) < 4.78 is 11.1. The molecule has 0 bridgehead atoms. The zero-order valence-electron chi connectivity index (χ0n) is 13.8. The second kappa shape index (κ2) is 8.22. The van der Waals surface area contributed by atoms with Gasteiger partial charge >= 0.3 is 0 Å². The van der Waals surface area contributed by atoms with Gasteiger partial charge in [0, 0.05) is 5.69 Å². The molecule has 0 fully saturated rings. The summed E-state index contributed by atoms with van der Waals surface area (Å²) in [5, 5.41) is 2.84. The first-order chi connectivity index (χ1) is 11.1. The molecule has 0 aliphatic carbocycles. The molecule has 1 unspecified atom stereocenters. The molecular weight excluding hydrogens is 290 g/mol. The van der Waals surface area contributed by atoms with Crippen LogP contribution in [0, 0.1) is 0 Å². The van der Waals surface area contributed by atoms with Crippen molar-refractivity contribution in [1.82, 2.24) is 0 Å². The molecule has 122 valence electrons. The van der Waals surface area contributed by atoms with E-state index in [0.717, 1.165) is 17.9 Å². The number of benzene rings is 2. The number of ether oxygens (including phenoxy) is 2. The number of carbonyl (C=O) groups is 1. The molecule has 2 aromatic carbocycles. The van der Waals surface area contributed by atoms with Crippen LogP contribution in [0.4, 0.5) is 5.69 Å². The average Bonchev–Trinajstić information content (AvgIpc) is 2.57. The highest BCUT2D eigenvalue weighted by atomic mass is 16.5. The molecule has 1 amide bonds. The van der Waals surface area contributed by atoms with Crippen LogP contribution >= 0.6 is 0 Å². The van der Waals surface area contributed by atoms with Gasteiger partial charge < -0.3 is 14.8 Å². The Kier molecular flexibility index (Phi) is 6.03. The minimum atomic E-state index is -0.575. The van der Waals surface area contributed by atoms with E-state index in [-0.39, 0.29) is 5.91 Å². The Morgan fingerprint density at radius 1 is 1.09 bits per heavy atom. The summed E-state index contributed by atoms with van der Waals surface area (Å²) in [5.41, 5.74) is 1.90. The lowest BCUT2D eigenvalue weighted by Gasteiger charge is -2.15. The first-order valence-electron chi connectivity index (χ1n) is 7.91. The molecule has 23 heavy (non-hydrogen) atoms. The van der Waals surface area contributed by atoms with Crippen molar-refractivity contribution in [2.75, 3.05) is 11.9 Å². The van der Waals surface area contributed by atoms with Crippen molar-refractivity contribution < 1.29 is 14.3 Å². The molecule has 0 spiro atoms. The van der Waals surface area contributed by atoms with E-state index in [0.29, 0.717) is 12.4 Å². The second-order valence-electron chi connectivity index (χ2n) is 5.21. The van der Waals surface area contributed by atoms with Crippen LogP contribution in [0.1, 0.15) is 26.3 Å². The van der Waals surface area contributed by atoms with Crippen molar-refractivity contribution in [3.8, 4) is 11.5 Å². The molecule has 0 heterocycles. The van der Waals surface area contributed by atoms with Gasteiger partial charge in [0.15, 0.2) is 6.10 Å². The van der Waals surface area contributed by atoms with Gasteiger partial charge in [-0.3, -0.25) is 4.79 Å². The summed E-state index contributed by atoms with van der Waals surface area (Å²) in [5.74, 6) is 1.31. The summed E-state index contributed by atoms with van der Waals surface area (Å²) >= 11 is 0. The molecule has 4 nitrogen and oxygen atoms in total. The van der Waals surface area contributed by atoms with Crippen LogP contribution in [0.15, 0.2) is 48.5 Å². The third-order valence-corrected chi connectivity index (χ3v) is 3.42. The molecule has 0 saturated carbocycles. The Morgan fingerprint density at radius 3 is 2.48 bits per heavy atom. The number of amides is 1. The number of hydrogen-bond acceptors (Lipinski definition) is 3. The molecule has 4 heteroatoms. The van der Waals surface area contributed by atoms with E-state index >= 15 is 0 Å². The van der Waals surface area contributed by atoms with E-state index < -0.39 is 6.10 Å². The number of anilines is 1. The fraction of sp³-hybridized carbons (Fsp3) is 0.316. The van der Waals surface area contributed by atoms with Gasteiger partial charge in [-0.15, -0.1) is 0 Å². The van der Waals surface area contributed by atoms with Gasteiger partial charge in [-0.25, -0.2) is 0 Å². The SMILES string of the molecule is CCOc1ccc(NC(=O)C(C)Oc2cccc(CC)c2)cc1. The van der Waals surface area contributed by atoms with Gasteiger partial charge in [0.2, 0.25) is 0 Å². The molecule has 0 radical (unpaired) electrons. The Morgan fingerprint density at radius 2 is 1.83 bits per heavy atom. The van der Waals surface area contributed by atoms with Crippen molar-refractivity contribution in [2.24, 2.45) is 0 Å². The molecule has 0 saturated heterocycles. The van der Waals surface area contributed by atoms with Gasteiger partial charge in [-0.05, 0) is 62.2 Å². The summed E-state index contributed by atoms with van der Waals surface area (Å²) in [7, 11) is 0. The Hall–Kier alpha value is -2.49. The number of nitrogens with one attached hydrogen (secondary N) is 1. The van der Waals surface area contributed by atoms with Crippen molar-refractivity contribution in [3.05, 3.63) is 54.1 Å². The first-order valence-corrected chi connectivity index (χ1v) is 7.91. The van der Waals surface area contributed by atoms with Gasteiger partial charge in [0.05, 0.1) is 6.61 Å². The fourth-order valence-electron chi connectivity index (χ4n) is 2.14. The summed E-state index contributed by atoms with van der Waals surface area (Å²) in [4.78, 5) is 12.2. The quantitative estimate of drug-likeness (QED) is 0.838. The highest BCUT2D eigenvalue weighted by Crippen LogP contribution is 2.18. The monoisotopic (exact) mass is 313 g/mol. The number of rotatable bonds is 7. The van der Waals surface area contributed by atoms with Crippen molar-refractivity contribution in [1.29, 1.82) is 0 Å². The Balaban J connectivity index is 1.93. The van der Waals surface area contributed by atoms with Crippen LogP contribution in [0.25, 0.3) is 0 Å². The first kappa shape index (κ1) is 16.9. The fourth-order valence-corrected chi connectivity index (χ4v) is 2.14. The van der Waals surface area contributed by atoms with Crippen molar-refractivity contribution in [2.45, 2.75) is 33.3 Å². The molecule has 0 aliphatic rings. The zero-order valence-corrected chi connectivity index (χ0v) is 13.8. The van der Waals surface area contributed by atoms with Crippen molar-refractivity contribution in [3.63, 3.8) is 0 Å². The van der Waals surface area contributed by atoms with E-state index in [2.05, 4.69) is 12.2 Å². The minimum Gasteiger partial charge on any atom is -0.494 e. The summed E-state index contributed by atoms with van der Waals surface area (Å²) in [6, 6.07) is 15.1. The van der Waals surface area contributed by atoms with Gasteiger partial charge in [-0.2, -0.15) is 0 Å². The van der Waals surface area contributed by atoms with Gasteiger partial charge in [0.25, 0.3) is 5.91 Å². The maximum absolute atomic E-state index is 12.2. The molecule has 1 N–H and O–H groups in total. The van der Waals surface area contributed by atoms with Crippen LogP contribution in [0.2, 0.25) is 0 Å². The predicted molar refractivity (Wildman–Crippen MR) is 92.2 cm³/mol. The molecule has 1 atom stereocenters. The third kappa shape index (κ3) is 5.02. The molecule has 0 aliphatic heterocycles. The lowest BCUT2D eigenvalue weighted by atomic mass is 10.2. The lowest BCUT2D eigenvalue weighted by Crippen LogP contribution is -2.30. The third-order valence-electron chi connectivity index (χ3n) is 3.42. The Bertz CT molecular complexity index is 637.